The molecule has 0 aliphatic carbocycles. The fourth-order valence-electron chi connectivity index (χ4n) is 2.05. The van der Waals surface area contributed by atoms with Gasteiger partial charge < -0.3 is 14.6 Å². The zero-order chi connectivity index (χ0) is 14.7. The predicted molar refractivity (Wildman–Crippen MR) is 76.7 cm³/mol. The highest BCUT2D eigenvalue weighted by atomic mass is 16.5. The Morgan fingerprint density at radius 2 is 1.60 bits per heavy atom. The molecule has 4 heteroatoms. The molecule has 20 heavy (non-hydrogen) atoms. The van der Waals surface area contributed by atoms with E-state index in [9.17, 15) is 9.90 Å². The van der Waals surface area contributed by atoms with Crippen LogP contribution < -0.4 is 9.47 Å². The highest BCUT2D eigenvalue weighted by Crippen LogP contribution is 2.32. The fraction of sp³-hybridized carbons (Fsp3) is 0.188. The molecule has 0 atom stereocenters. The summed E-state index contributed by atoms with van der Waals surface area (Å²) in [6, 6.07) is 10.7. The third-order valence-corrected chi connectivity index (χ3v) is 3.07. The zero-order valence-electron chi connectivity index (χ0n) is 11.6. The number of aromatic carboxylic acids is 1. The van der Waals surface area contributed by atoms with Crippen LogP contribution in [0.25, 0.3) is 11.1 Å². The van der Waals surface area contributed by atoms with E-state index >= 15 is 0 Å². The first-order valence-corrected chi connectivity index (χ1v) is 6.12. The number of aryl methyl sites for hydroxylation is 1. The van der Waals surface area contributed by atoms with Crippen LogP contribution in [0.3, 0.4) is 0 Å². The van der Waals surface area contributed by atoms with Crippen molar-refractivity contribution >= 4 is 5.97 Å². The Kier molecular flexibility index (Phi) is 3.94. The van der Waals surface area contributed by atoms with E-state index in [4.69, 9.17) is 9.47 Å². The third-order valence-electron chi connectivity index (χ3n) is 3.07. The van der Waals surface area contributed by atoms with Crippen LogP contribution >= 0.6 is 0 Å². The minimum absolute atomic E-state index is 0.264. The Bertz CT molecular complexity index is 625. The number of carboxylic acids is 1. The van der Waals surface area contributed by atoms with Crippen molar-refractivity contribution in [1.29, 1.82) is 0 Å². The summed E-state index contributed by atoms with van der Waals surface area (Å²) in [6.45, 7) is 1.86. The lowest BCUT2D eigenvalue weighted by Crippen LogP contribution is -2.00. The van der Waals surface area contributed by atoms with Crippen LogP contribution in [0.4, 0.5) is 0 Å². The summed E-state index contributed by atoms with van der Waals surface area (Å²) in [5, 5.41) is 9.34. The van der Waals surface area contributed by atoms with Crippen LogP contribution in [0.2, 0.25) is 0 Å². The van der Waals surface area contributed by atoms with Gasteiger partial charge in [-0.3, -0.25) is 0 Å². The Balaban J connectivity index is 2.64. The van der Waals surface area contributed by atoms with Crippen LogP contribution in [0.1, 0.15) is 15.9 Å². The predicted octanol–water partition coefficient (Wildman–Crippen LogP) is 3.38. The Hall–Kier alpha value is -2.49. The number of hydrogen-bond donors (Lipinski definition) is 1. The second-order valence-corrected chi connectivity index (χ2v) is 4.46. The first-order chi connectivity index (χ1) is 9.55. The van der Waals surface area contributed by atoms with Gasteiger partial charge in [-0.05, 0) is 36.2 Å². The molecule has 0 fully saturated rings. The molecular weight excluding hydrogens is 256 g/mol. The van der Waals surface area contributed by atoms with E-state index in [-0.39, 0.29) is 5.56 Å². The van der Waals surface area contributed by atoms with Crippen molar-refractivity contribution in [3.05, 3.63) is 47.5 Å². The molecule has 0 bridgehead atoms. The maximum Gasteiger partial charge on any atom is 0.336 e. The number of benzene rings is 2. The number of carbonyl (C=O) groups is 1. The molecule has 0 amide bonds. The number of ether oxygens (including phenoxy) is 2. The molecule has 2 aromatic rings. The quantitative estimate of drug-likeness (QED) is 0.927. The smallest absolute Gasteiger partial charge is 0.336 e. The number of methoxy groups -OCH3 is 2. The van der Waals surface area contributed by atoms with Gasteiger partial charge in [0.2, 0.25) is 0 Å². The van der Waals surface area contributed by atoms with E-state index in [1.165, 1.54) is 0 Å². The lowest BCUT2D eigenvalue weighted by molar-refractivity contribution is 0.0697. The van der Waals surface area contributed by atoms with Crippen LogP contribution in [-0.2, 0) is 0 Å². The van der Waals surface area contributed by atoms with Crippen LogP contribution in [0, 0.1) is 6.92 Å². The molecule has 0 spiro atoms. The lowest BCUT2D eigenvalue weighted by atomic mass is 9.97. The molecular formula is C16H16O4. The average molecular weight is 272 g/mol. The molecule has 0 saturated heterocycles. The molecule has 2 aromatic carbocycles. The van der Waals surface area contributed by atoms with Crippen molar-refractivity contribution in [2.75, 3.05) is 14.2 Å². The maximum absolute atomic E-state index is 11.4. The standard InChI is InChI=1S/C16H16O4/c1-10-4-5-14(15(6-10)16(17)18)11-7-12(19-2)9-13(8-11)20-3/h4-9H,1-3H3,(H,17,18). The molecule has 1 N–H and O–H groups in total. The van der Waals surface area contributed by atoms with Gasteiger partial charge in [-0.2, -0.15) is 0 Å². The molecule has 0 aliphatic heterocycles. The van der Waals surface area contributed by atoms with Crippen molar-refractivity contribution in [3.63, 3.8) is 0 Å². The third kappa shape index (κ3) is 2.74. The molecule has 0 radical (unpaired) electrons. The average Bonchev–Trinajstić information content (AvgIpc) is 2.46. The van der Waals surface area contributed by atoms with Crippen molar-refractivity contribution in [2.24, 2.45) is 0 Å². The summed E-state index contributed by atoms with van der Waals surface area (Å²) >= 11 is 0. The van der Waals surface area contributed by atoms with E-state index in [1.807, 2.05) is 13.0 Å². The van der Waals surface area contributed by atoms with Gasteiger partial charge in [0.05, 0.1) is 19.8 Å². The molecule has 0 heterocycles. The molecule has 0 aromatic heterocycles. The molecule has 2 rings (SSSR count). The Labute approximate surface area is 117 Å². The van der Waals surface area contributed by atoms with Crippen molar-refractivity contribution in [1.82, 2.24) is 0 Å². The molecule has 0 saturated carbocycles. The first kappa shape index (κ1) is 13.9. The zero-order valence-corrected chi connectivity index (χ0v) is 11.6. The minimum atomic E-state index is -0.953. The molecule has 0 aliphatic rings. The molecule has 4 nitrogen and oxygen atoms in total. The summed E-state index contributed by atoms with van der Waals surface area (Å²) in [4.78, 5) is 11.4. The summed E-state index contributed by atoms with van der Waals surface area (Å²) in [6.07, 6.45) is 0. The van der Waals surface area contributed by atoms with Gasteiger partial charge in [-0.15, -0.1) is 0 Å². The van der Waals surface area contributed by atoms with Crippen LogP contribution in [0.5, 0.6) is 11.5 Å². The Morgan fingerprint density at radius 1 is 1.00 bits per heavy atom. The van der Waals surface area contributed by atoms with E-state index in [1.54, 1.807) is 44.6 Å². The van der Waals surface area contributed by atoms with Crippen LogP contribution in [-0.4, -0.2) is 25.3 Å². The Morgan fingerprint density at radius 3 is 2.10 bits per heavy atom. The van der Waals surface area contributed by atoms with Gasteiger partial charge in [-0.25, -0.2) is 4.79 Å². The number of hydrogen-bond acceptors (Lipinski definition) is 3. The van der Waals surface area contributed by atoms with Gasteiger partial charge in [0.15, 0.2) is 0 Å². The monoisotopic (exact) mass is 272 g/mol. The summed E-state index contributed by atoms with van der Waals surface area (Å²) in [7, 11) is 3.12. The van der Waals surface area contributed by atoms with E-state index in [2.05, 4.69) is 0 Å². The van der Waals surface area contributed by atoms with Gasteiger partial charge in [0.1, 0.15) is 11.5 Å². The number of rotatable bonds is 4. The van der Waals surface area contributed by atoms with Gasteiger partial charge in [0.25, 0.3) is 0 Å². The van der Waals surface area contributed by atoms with Crippen molar-refractivity contribution in [2.45, 2.75) is 6.92 Å². The van der Waals surface area contributed by atoms with E-state index in [0.29, 0.717) is 17.1 Å². The van der Waals surface area contributed by atoms with E-state index < -0.39 is 5.97 Å². The normalized spacial score (nSPS) is 10.2. The van der Waals surface area contributed by atoms with Crippen molar-refractivity contribution in [3.8, 4) is 22.6 Å². The lowest BCUT2D eigenvalue weighted by Gasteiger charge is -2.11. The second-order valence-electron chi connectivity index (χ2n) is 4.46. The van der Waals surface area contributed by atoms with Gasteiger partial charge in [-0.1, -0.05) is 17.7 Å². The number of carboxylic acid groups (broad SMARTS) is 1. The summed E-state index contributed by atoms with van der Waals surface area (Å²) in [5.74, 6) is 0.290. The van der Waals surface area contributed by atoms with Crippen molar-refractivity contribution < 1.29 is 19.4 Å². The highest BCUT2D eigenvalue weighted by molar-refractivity contribution is 5.96. The second kappa shape index (κ2) is 5.65. The summed E-state index contributed by atoms with van der Waals surface area (Å²) in [5.41, 5.74) is 2.56. The fourth-order valence-corrected chi connectivity index (χ4v) is 2.05. The first-order valence-electron chi connectivity index (χ1n) is 6.12. The van der Waals surface area contributed by atoms with Gasteiger partial charge >= 0.3 is 5.97 Å². The summed E-state index contributed by atoms with van der Waals surface area (Å²) < 4.78 is 10.4. The highest BCUT2D eigenvalue weighted by Gasteiger charge is 2.13. The topological polar surface area (TPSA) is 55.8 Å². The SMILES string of the molecule is COc1cc(OC)cc(-c2ccc(C)cc2C(=O)O)c1. The van der Waals surface area contributed by atoms with Gasteiger partial charge in [0, 0.05) is 6.07 Å². The molecule has 0 unspecified atom stereocenters. The minimum Gasteiger partial charge on any atom is -0.497 e. The van der Waals surface area contributed by atoms with Crippen LogP contribution in [0.15, 0.2) is 36.4 Å². The molecule has 104 valence electrons. The largest absolute Gasteiger partial charge is 0.497 e. The van der Waals surface area contributed by atoms with E-state index in [0.717, 1.165) is 11.1 Å². The maximum atomic E-state index is 11.4.